The van der Waals surface area contributed by atoms with Crippen molar-refractivity contribution in [1.82, 2.24) is 9.78 Å². The summed E-state index contributed by atoms with van der Waals surface area (Å²) >= 11 is 0. The highest BCUT2D eigenvalue weighted by Gasteiger charge is 2.21. The molecule has 0 fully saturated rings. The van der Waals surface area contributed by atoms with Gasteiger partial charge < -0.3 is 10.6 Å². The van der Waals surface area contributed by atoms with Crippen LogP contribution in [0.15, 0.2) is 30.5 Å². The molecule has 0 saturated heterocycles. The molecule has 2 aromatic rings. The van der Waals surface area contributed by atoms with Gasteiger partial charge in [-0.3, -0.25) is 9.48 Å². The topological polar surface area (TPSA) is 64.2 Å². The third-order valence-corrected chi connectivity index (χ3v) is 3.25. The number of aromatic nitrogens is 2. The Hall–Kier alpha value is -2.30. The first-order valence-corrected chi connectivity index (χ1v) is 6.21. The summed E-state index contributed by atoms with van der Waals surface area (Å²) in [6, 6.07) is 7.37. The van der Waals surface area contributed by atoms with Crippen LogP contribution in [0.2, 0.25) is 0 Å². The lowest BCUT2D eigenvalue weighted by molar-refractivity contribution is 0.0987. The first-order valence-electron chi connectivity index (χ1n) is 6.21. The fourth-order valence-electron chi connectivity index (χ4n) is 2.01. The highest BCUT2D eigenvalue weighted by molar-refractivity contribution is 6.08. The quantitative estimate of drug-likeness (QED) is 0.856. The molecule has 1 aromatic carbocycles. The molecule has 1 amide bonds. The number of carbonyl (C=O) groups excluding carboxylic acids is 1. The number of benzene rings is 1. The SMILES string of the molecule is CCN(C(=O)c1cnn(C)c1C)c1ccccc1N. The van der Waals surface area contributed by atoms with Crippen molar-refractivity contribution in [2.24, 2.45) is 7.05 Å². The fourth-order valence-corrected chi connectivity index (χ4v) is 2.01. The number of carbonyl (C=O) groups is 1. The molecule has 0 aliphatic heterocycles. The Bertz CT molecular complexity index is 603. The van der Waals surface area contributed by atoms with E-state index in [4.69, 9.17) is 5.73 Å². The van der Waals surface area contributed by atoms with Crippen molar-refractivity contribution in [2.45, 2.75) is 13.8 Å². The lowest BCUT2D eigenvalue weighted by Gasteiger charge is -2.22. The first-order chi connectivity index (χ1) is 9.06. The lowest BCUT2D eigenvalue weighted by Crippen LogP contribution is -2.31. The molecule has 1 aromatic heterocycles. The number of amides is 1. The van der Waals surface area contributed by atoms with Gasteiger partial charge in [-0.2, -0.15) is 5.10 Å². The highest BCUT2D eigenvalue weighted by atomic mass is 16.2. The number of nitrogens with two attached hydrogens (primary N) is 1. The number of para-hydroxylation sites is 2. The summed E-state index contributed by atoms with van der Waals surface area (Å²) in [5.74, 6) is -0.0778. The summed E-state index contributed by atoms with van der Waals surface area (Å²) < 4.78 is 1.69. The van der Waals surface area contributed by atoms with Crippen molar-refractivity contribution in [3.05, 3.63) is 41.7 Å². The monoisotopic (exact) mass is 258 g/mol. The lowest BCUT2D eigenvalue weighted by atomic mass is 10.2. The Labute approximate surface area is 112 Å². The van der Waals surface area contributed by atoms with Gasteiger partial charge in [0.05, 0.1) is 23.1 Å². The van der Waals surface area contributed by atoms with E-state index in [-0.39, 0.29) is 5.91 Å². The van der Waals surface area contributed by atoms with Gasteiger partial charge >= 0.3 is 0 Å². The van der Waals surface area contributed by atoms with Crippen LogP contribution in [0, 0.1) is 6.92 Å². The summed E-state index contributed by atoms with van der Waals surface area (Å²) in [5, 5.41) is 4.11. The molecule has 0 spiro atoms. The van der Waals surface area contributed by atoms with Crippen LogP contribution < -0.4 is 10.6 Å². The predicted molar refractivity (Wildman–Crippen MR) is 76.1 cm³/mol. The average molecular weight is 258 g/mol. The molecule has 1 heterocycles. The van der Waals surface area contributed by atoms with Gasteiger partial charge in [-0.25, -0.2) is 0 Å². The predicted octanol–water partition coefficient (Wildman–Crippen LogP) is 1.98. The molecule has 0 bridgehead atoms. The van der Waals surface area contributed by atoms with Crippen LogP contribution in [0.4, 0.5) is 11.4 Å². The minimum Gasteiger partial charge on any atom is -0.397 e. The van der Waals surface area contributed by atoms with E-state index in [1.165, 1.54) is 0 Å². The second-order valence-corrected chi connectivity index (χ2v) is 4.38. The first kappa shape index (κ1) is 13.1. The number of hydrogen-bond acceptors (Lipinski definition) is 3. The van der Waals surface area contributed by atoms with E-state index in [1.807, 2.05) is 39.1 Å². The van der Waals surface area contributed by atoms with Crippen LogP contribution in [-0.4, -0.2) is 22.2 Å². The van der Waals surface area contributed by atoms with Crippen molar-refractivity contribution in [3.8, 4) is 0 Å². The molecule has 0 atom stereocenters. The maximum absolute atomic E-state index is 12.6. The van der Waals surface area contributed by atoms with E-state index in [0.29, 0.717) is 17.8 Å². The van der Waals surface area contributed by atoms with Gasteiger partial charge in [0, 0.05) is 19.3 Å². The van der Waals surface area contributed by atoms with Gasteiger partial charge in [0.2, 0.25) is 0 Å². The van der Waals surface area contributed by atoms with Crippen molar-refractivity contribution in [3.63, 3.8) is 0 Å². The van der Waals surface area contributed by atoms with E-state index in [2.05, 4.69) is 5.10 Å². The molecule has 2 N–H and O–H groups in total. The number of anilines is 2. The van der Waals surface area contributed by atoms with E-state index in [9.17, 15) is 4.79 Å². The highest BCUT2D eigenvalue weighted by Crippen LogP contribution is 2.24. The third-order valence-electron chi connectivity index (χ3n) is 3.25. The third kappa shape index (κ3) is 2.31. The maximum Gasteiger partial charge on any atom is 0.261 e. The van der Waals surface area contributed by atoms with Crippen LogP contribution in [0.1, 0.15) is 23.0 Å². The Morgan fingerprint density at radius 1 is 1.42 bits per heavy atom. The number of rotatable bonds is 3. The van der Waals surface area contributed by atoms with Crippen molar-refractivity contribution < 1.29 is 4.79 Å². The van der Waals surface area contributed by atoms with E-state index >= 15 is 0 Å². The second-order valence-electron chi connectivity index (χ2n) is 4.38. The Kier molecular flexibility index (Phi) is 3.55. The second kappa shape index (κ2) is 5.14. The molecule has 19 heavy (non-hydrogen) atoms. The summed E-state index contributed by atoms with van der Waals surface area (Å²) in [7, 11) is 1.82. The van der Waals surface area contributed by atoms with Crippen LogP contribution in [0.3, 0.4) is 0 Å². The molecule has 0 unspecified atom stereocenters. The van der Waals surface area contributed by atoms with Crippen LogP contribution in [0.5, 0.6) is 0 Å². The van der Waals surface area contributed by atoms with Crippen molar-refractivity contribution in [1.29, 1.82) is 0 Å². The Balaban J connectivity index is 2.41. The van der Waals surface area contributed by atoms with Crippen LogP contribution >= 0.6 is 0 Å². The van der Waals surface area contributed by atoms with Gasteiger partial charge in [-0.15, -0.1) is 0 Å². The zero-order valence-corrected chi connectivity index (χ0v) is 11.4. The molecule has 0 aliphatic rings. The van der Waals surface area contributed by atoms with Crippen LogP contribution in [0.25, 0.3) is 0 Å². The minimum absolute atomic E-state index is 0.0778. The van der Waals surface area contributed by atoms with Gasteiger partial charge in [-0.05, 0) is 26.0 Å². The molecular weight excluding hydrogens is 240 g/mol. The molecule has 0 aliphatic carbocycles. The zero-order chi connectivity index (χ0) is 14.0. The molecule has 0 saturated carbocycles. The molecule has 2 rings (SSSR count). The number of aryl methyl sites for hydroxylation is 1. The Morgan fingerprint density at radius 2 is 2.11 bits per heavy atom. The van der Waals surface area contributed by atoms with E-state index < -0.39 is 0 Å². The molecular formula is C14H18N4O. The normalized spacial score (nSPS) is 10.5. The molecule has 0 radical (unpaired) electrons. The molecule has 5 nitrogen and oxygen atoms in total. The largest absolute Gasteiger partial charge is 0.397 e. The fraction of sp³-hybridized carbons (Fsp3) is 0.286. The van der Waals surface area contributed by atoms with E-state index in [0.717, 1.165) is 11.4 Å². The number of nitrogens with zero attached hydrogens (tertiary/aromatic N) is 3. The summed E-state index contributed by atoms with van der Waals surface area (Å²) in [4.78, 5) is 14.2. The van der Waals surface area contributed by atoms with Crippen LogP contribution in [-0.2, 0) is 7.05 Å². The summed E-state index contributed by atoms with van der Waals surface area (Å²) in [6.07, 6.45) is 1.60. The van der Waals surface area contributed by atoms with Gasteiger partial charge in [0.15, 0.2) is 0 Å². The van der Waals surface area contributed by atoms with Gasteiger partial charge in [0.25, 0.3) is 5.91 Å². The summed E-state index contributed by atoms with van der Waals surface area (Å²) in [5.41, 5.74) is 8.72. The van der Waals surface area contributed by atoms with Gasteiger partial charge in [0.1, 0.15) is 0 Å². The number of nitrogen functional groups attached to an aromatic ring is 1. The number of hydrogen-bond donors (Lipinski definition) is 1. The van der Waals surface area contributed by atoms with Gasteiger partial charge in [-0.1, -0.05) is 12.1 Å². The smallest absolute Gasteiger partial charge is 0.261 e. The van der Waals surface area contributed by atoms with Crippen molar-refractivity contribution in [2.75, 3.05) is 17.2 Å². The van der Waals surface area contributed by atoms with E-state index in [1.54, 1.807) is 21.8 Å². The summed E-state index contributed by atoms with van der Waals surface area (Å²) in [6.45, 7) is 4.36. The zero-order valence-electron chi connectivity index (χ0n) is 11.4. The average Bonchev–Trinajstić information content (AvgIpc) is 2.73. The minimum atomic E-state index is -0.0778. The van der Waals surface area contributed by atoms with Crippen molar-refractivity contribution >= 4 is 17.3 Å². The maximum atomic E-state index is 12.6. The molecule has 100 valence electrons. The molecule has 5 heteroatoms. The standard InChI is InChI=1S/C14H18N4O/c1-4-18(13-8-6-5-7-12(13)15)14(19)11-9-16-17(3)10(11)2/h5-9H,4,15H2,1-3H3. The Morgan fingerprint density at radius 3 is 2.63 bits per heavy atom.